The van der Waals surface area contributed by atoms with Gasteiger partial charge in [-0.05, 0) is 16.9 Å². The van der Waals surface area contributed by atoms with E-state index in [2.05, 4.69) is 0 Å². The normalized spacial score (nSPS) is 22.2. The summed E-state index contributed by atoms with van der Waals surface area (Å²) < 4.78 is 0. The highest BCUT2D eigenvalue weighted by Crippen LogP contribution is 2.14. The van der Waals surface area contributed by atoms with Crippen molar-refractivity contribution in [1.82, 2.24) is 10.0 Å². The first-order valence-electron chi connectivity index (χ1n) is 3.34. The zero-order chi connectivity index (χ0) is 10.2. The van der Waals surface area contributed by atoms with Crippen LogP contribution in [0.2, 0.25) is 0 Å². The van der Waals surface area contributed by atoms with Crippen LogP contribution in [0.4, 0.5) is 4.79 Å². The largest absolute Gasteiger partial charge is 0.435 e. The van der Waals surface area contributed by atoms with Crippen molar-refractivity contribution in [1.29, 1.82) is 0 Å². The van der Waals surface area contributed by atoms with Crippen LogP contribution in [-0.2, 0) is 0 Å². The molecule has 1 aliphatic heterocycles. The van der Waals surface area contributed by atoms with E-state index in [0.717, 1.165) is 0 Å². The van der Waals surface area contributed by atoms with Crippen molar-refractivity contribution < 1.29 is 14.9 Å². The SMILES string of the molecule is CC1CN([N+](=O)[O-])C(=O)N1[N+](=O)[O-]. The lowest BCUT2D eigenvalue weighted by atomic mass is 10.4. The maximum atomic E-state index is 11.0. The molecular formula is C4H6N4O5. The summed E-state index contributed by atoms with van der Waals surface area (Å²) in [5, 5.41) is 19.0. The molecule has 1 aliphatic rings. The van der Waals surface area contributed by atoms with Crippen LogP contribution in [-0.4, -0.2) is 38.7 Å². The molecule has 2 amide bonds. The quantitative estimate of drug-likeness (QED) is 0.430. The maximum Gasteiger partial charge on any atom is 0.435 e. The molecule has 72 valence electrons. The number of carbonyl (C=O) groups is 1. The lowest BCUT2D eigenvalue weighted by Gasteiger charge is -2.05. The van der Waals surface area contributed by atoms with Crippen LogP contribution in [0.3, 0.4) is 0 Å². The van der Waals surface area contributed by atoms with Gasteiger partial charge in [-0.25, -0.2) is 25.0 Å². The third-order valence-electron chi connectivity index (χ3n) is 1.64. The first-order chi connectivity index (χ1) is 5.95. The van der Waals surface area contributed by atoms with E-state index in [1.54, 1.807) is 0 Å². The number of hydrogen-bond donors (Lipinski definition) is 0. The van der Waals surface area contributed by atoms with Crippen LogP contribution in [0.5, 0.6) is 0 Å². The fraction of sp³-hybridized carbons (Fsp3) is 0.750. The highest BCUT2D eigenvalue weighted by atomic mass is 16.7. The molecule has 0 spiro atoms. The van der Waals surface area contributed by atoms with E-state index in [1.807, 2.05) is 0 Å². The minimum atomic E-state index is -1.21. The summed E-state index contributed by atoms with van der Waals surface area (Å²) in [5.41, 5.74) is 0. The van der Waals surface area contributed by atoms with Crippen LogP contribution in [0.25, 0.3) is 0 Å². The number of nitro groups is 2. The molecule has 0 saturated carbocycles. The Morgan fingerprint density at radius 1 is 1.38 bits per heavy atom. The van der Waals surface area contributed by atoms with Crippen LogP contribution >= 0.6 is 0 Å². The summed E-state index contributed by atoms with van der Waals surface area (Å²) in [6, 6.07) is -1.99. The van der Waals surface area contributed by atoms with Crippen LogP contribution in [0.15, 0.2) is 0 Å². The fourth-order valence-electron chi connectivity index (χ4n) is 1.08. The second kappa shape index (κ2) is 2.84. The van der Waals surface area contributed by atoms with Gasteiger partial charge in [-0.1, -0.05) is 0 Å². The predicted molar refractivity (Wildman–Crippen MR) is 37.4 cm³/mol. The van der Waals surface area contributed by atoms with Gasteiger partial charge in [0, 0.05) is 0 Å². The molecule has 1 saturated heterocycles. The first-order valence-corrected chi connectivity index (χ1v) is 3.34. The van der Waals surface area contributed by atoms with E-state index < -0.39 is 22.1 Å². The van der Waals surface area contributed by atoms with E-state index in [1.165, 1.54) is 6.92 Å². The van der Waals surface area contributed by atoms with E-state index >= 15 is 0 Å². The van der Waals surface area contributed by atoms with Crippen molar-refractivity contribution in [3.8, 4) is 0 Å². The van der Waals surface area contributed by atoms with Crippen molar-refractivity contribution in [2.45, 2.75) is 13.0 Å². The van der Waals surface area contributed by atoms with Gasteiger partial charge in [-0.2, -0.15) is 0 Å². The molecule has 1 fully saturated rings. The van der Waals surface area contributed by atoms with Crippen molar-refractivity contribution in [3.05, 3.63) is 20.2 Å². The Morgan fingerprint density at radius 3 is 2.15 bits per heavy atom. The summed E-state index contributed by atoms with van der Waals surface area (Å²) in [6.45, 7) is 1.09. The molecule has 9 heteroatoms. The summed E-state index contributed by atoms with van der Waals surface area (Å²) in [6.07, 6.45) is 0. The van der Waals surface area contributed by atoms with Crippen molar-refractivity contribution in [3.63, 3.8) is 0 Å². The molecule has 0 N–H and O–H groups in total. The van der Waals surface area contributed by atoms with Gasteiger partial charge in [-0.15, -0.1) is 0 Å². The molecule has 1 heterocycles. The third kappa shape index (κ3) is 1.35. The molecule has 1 rings (SSSR count). The Bertz CT molecular complexity index is 278. The standard InChI is InChI=1S/C4H6N4O5/c1-3-2-5(7(10)11)4(9)6(3)8(12)13/h3H,2H2,1H3. The molecule has 1 atom stereocenters. The molecule has 13 heavy (non-hydrogen) atoms. The average molecular weight is 190 g/mol. The monoisotopic (exact) mass is 190 g/mol. The van der Waals surface area contributed by atoms with Crippen LogP contribution in [0, 0.1) is 20.2 Å². The Labute approximate surface area is 71.8 Å². The molecular weight excluding hydrogens is 184 g/mol. The summed E-state index contributed by atoms with van der Waals surface area (Å²) in [5.74, 6) is 0. The zero-order valence-corrected chi connectivity index (χ0v) is 6.61. The molecule has 0 radical (unpaired) electrons. The van der Waals surface area contributed by atoms with Gasteiger partial charge in [-0.3, -0.25) is 0 Å². The minimum Gasteiger partial charge on any atom is -0.237 e. The molecule has 1 unspecified atom stereocenters. The van der Waals surface area contributed by atoms with E-state index in [-0.39, 0.29) is 16.6 Å². The number of amides is 2. The minimum absolute atomic E-state index is 0.216. The number of rotatable bonds is 2. The maximum absolute atomic E-state index is 11.0. The predicted octanol–water partition coefficient (Wildman–Crippen LogP) is -0.504. The Balaban J connectivity index is 2.87. The summed E-state index contributed by atoms with van der Waals surface area (Å²) >= 11 is 0. The van der Waals surface area contributed by atoms with Gasteiger partial charge in [0.15, 0.2) is 10.1 Å². The second-order valence-electron chi connectivity index (χ2n) is 2.53. The van der Waals surface area contributed by atoms with Crippen molar-refractivity contribution >= 4 is 6.03 Å². The van der Waals surface area contributed by atoms with E-state index in [4.69, 9.17) is 0 Å². The number of urea groups is 1. The lowest BCUT2D eigenvalue weighted by Crippen LogP contribution is -2.39. The summed E-state index contributed by atoms with van der Waals surface area (Å²) in [4.78, 5) is 31.4. The Kier molecular flexibility index (Phi) is 2.00. The van der Waals surface area contributed by atoms with Crippen LogP contribution in [0.1, 0.15) is 6.92 Å². The van der Waals surface area contributed by atoms with Gasteiger partial charge < -0.3 is 0 Å². The lowest BCUT2D eigenvalue weighted by molar-refractivity contribution is -0.649. The van der Waals surface area contributed by atoms with Gasteiger partial charge >= 0.3 is 6.03 Å². The smallest absolute Gasteiger partial charge is 0.237 e. The third-order valence-corrected chi connectivity index (χ3v) is 1.64. The molecule has 9 nitrogen and oxygen atoms in total. The van der Waals surface area contributed by atoms with Gasteiger partial charge in [0.05, 0.1) is 0 Å². The highest BCUT2D eigenvalue weighted by Gasteiger charge is 2.49. The second-order valence-corrected chi connectivity index (χ2v) is 2.53. The topological polar surface area (TPSA) is 110 Å². The first kappa shape index (κ1) is 9.16. The molecule has 0 aromatic rings. The highest BCUT2D eigenvalue weighted by molar-refractivity contribution is 5.74. The molecule has 0 bridgehead atoms. The fourth-order valence-corrected chi connectivity index (χ4v) is 1.08. The Hall–Kier alpha value is -1.93. The van der Waals surface area contributed by atoms with Crippen LogP contribution < -0.4 is 0 Å². The van der Waals surface area contributed by atoms with Gasteiger partial charge in [0.25, 0.3) is 0 Å². The number of hydrazine groups is 2. The molecule has 0 aromatic carbocycles. The van der Waals surface area contributed by atoms with Gasteiger partial charge in [0.1, 0.15) is 12.6 Å². The number of nitrogens with zero attached hydrogens (tertiary/aromatic N) is 4. The molecule has 0 aromatic heterocycles. The van der Waals surface area contributed by atoms with Gasteiger partial charge in [0.2, 0.25) is 0 Å². The summed E-state index contributed by atoms with van der Waals surface area (Å²) in [7, 11) is 0. The van der Waals surface area contributed by atoms with Crippen molar-refractivity contribution in [2.24, 2.45) is 0 Å². The number of carbonyl (C=O) groups excluding carboxylic acids is 1. The van der Waals surface area contributed by atoms with Crippen molar-refractivity contribution in [2.75, 3.05) is 6.54 Å². The zero-order valence-electron chi connectivity index (χ0n) is 6.61. The Morgan fingerprint density at radius 2 is 1.92 bits per heavy atom. The number of hydrogen-bond acceptors (Lipinski definition) is 5. The van der Waals surface area contributed by atoms with E-state index in [0.29, 0.717) is 0 Å². The molecule has 0 aliphatic carbocycles. The average Bonchev–Trinajstić information content (AvgIpc) is 2.26. The van der Waals surface area contributed by atoms with E-state index in [9.17, 15) is 25.0 Å².